The van der Waals surface area contributed by atoms with Crippen LogP contribution in [0.5, 0.6) is 5.75 Å². The van der Waals surface area contributed by atoms with Crippen molar-refractivity contribution < 1.29 is 34.8 Å². The number of rotatable bonds is 5. The highest BCUT2D eigenvalue weighted by Gasteiger charge is 2.63. The summed E-state index contributed by atoms with van der Waals surface area (Å²) in [6.07, 6.45) is 4.91. The van der Waals surface area contributed by atoms with Crippen LogP contribution in [0.2, 0.25) is 0 Å². The molecule has 198 valence electrons. The summed E-state index contributed by atoms with van der Waals surface area (Å²) in [5, 5.41) is 48.0. The number of nitrogens with zero attached hydrogens (tertiary/aromatic N) is 1. The number of hydrogen-bond acceptors (Lipinski definition) is 9. The zero-order valence-corrected chi connectivity index (χ0v) is 21.0. The topological polar surface area (TPSA) is 173 Å². The average Bonchev–Trinajstić information content (AvgIpc) is 3.34. The van der Waals surface area contributed by atoms with Crippen LogP contribution in [-0.2, 0) is 22.6 Å². The number of amides is 1. The Morgan fingerprint density at radius 2 is 1.84 bits per heavy atom. The first-order chi connectivity index (χ1) is 17.5. The fourth-order valence-corrected chi connectivity index (χ4v) is 6.86. The van der Waals surface area contributed by atoms with Crippen LogP contribution in [0.3, 0.4) is 0 Å². The average molecular weight is 512 g/mol. The number of allylic oxidation sites excluding steroid dienone is 1. The van der Waals surface area contributed by atoms with Crippen LogP contribution in [0.4, 0.5) is 0 Å². The lowest BCUT2D eigenvalue weighted by Crippen LogP contribution is -2.63. The Morgan fingerprint density at radius 3 is 2.46 bits per heavy atom. The number of Topliss-reactive ketones (excluding diaryl/α,β-unsaturated/α-hetero) is 2. The number of carbonyl (C=O) groups is 3. The number of carbonyl (C=O) groups excluding carboxylic acids is 3. The monoisotopic (exact) mass is 511 g/mol. The van der Waals surface area contributed by atoms with E-state index in [0.29, 0.717) is 24.6 Å². The van der Waals surface area contributed by atoms with Crippen LogP contribution in [0.1, 0.15) is 53.6 Å². The van der Waals surface area contributed by atoms with Gasteiger partial charge in [-0.3, -0.25) is 19.3 Å². The van der Waals surface area contributed by atoms with Crippen LogP contribution in [-0.4, -0.2) is 74.6 Å². The minimum atomic E-state index is -2.62. The minimum absolute atomic E-state index is 0.0477. The molecule has 4 unspecified atom stereocenters. The second-order valence-electron chi connectivity index (χ2n) is 10.9. The number of phenols is 1. The van der Waals surface area contributed by atoms with E-state index in [1.54, 1.807) is 25.1 Å². The van der Waals surface area contributed by atoms with Gasteiger partial charge in [-0.1, -0.05) is 18.9 Å². The summed E-state index contributed by atoms with van der Waals surface area (Å²) in [5.74, 6) is -6.40. The molecule has 0 spiro atoms. The first-order valence-electron chi connectivity index (χ1n) is 12.7. The molecule has 1 aromatic carbocycles. The number of likely N-dealkylation sites (N-methyl/N-ethyl adjacent to an activating group) is 1. The standard InChI is InChI=1S/C27H33N3O7/c1-30(2)21-16-10-13-9-15-12(11-29-14-5-3-4-6-14)7-8-17(31)19(15)22(32)18(13)24(34)27(16,37)25(35)20(23(21)33)26(28)36/h7-8,13-14,16,21,29,31,33-34,37H,3-6,9-11H2,1-2H3,(H2,28,36). The van der Waals surface area contributed by atoms with Gasteiger partial charge < -0.3 is 31.5 Å². The molecule has 7 N–H and O–H groups in total. The molecule has 4 atom stereocenters. The van der Waals surface area contributed by atoms with E-state index in [-0.39, 0.29) is 23.3 Å². The third-order valence-corrected chi connectivity index (χ3v) is 8.64. The maximum absolute atomic E-state index is 13.7. The number of nitrogens with two attached hydrogens (primary N) is 1. The molecule has 10 nitrogen and oxygen atoms in total. The lowest BCUT2D eigenvalue weighted by molar-refractivity contribution is -0.148. The van der Waals surface area contributed by atoms with Crippen molar-refractivity contribution in [2.24, 2.45) is 17.6 Å². The van der Waals surface area contributed by atoms with E-state index in [9.17, 15) is 34.8 Å². The number of ketones is 2. The van der Waals surface area contributed by atoms with Gasteiger partial charge in [0.2, 0.25) is 5.78 Å². The normalized spacial score (nSPS) is 30.0. The summed E-state index contributed by atoms with van der Waals surface area (Å²) in [7, 11) is 3.22. The van der Waals surface area contributed by atoms with Gasteiger partial charge in [0, 0.05) is 24.1 Å². The van der Waals surface area contributed by atoms with E-state index in [1.165, 1.54) is 18.9 Å². The second kappa shape index (κ2) is 8.97. The molecule has 0 aromatic heterocycles. The Kier molecular flexibility index (Phi) is 6.17. The summed E-state index contributed by atoms with van der Waals surface area (Å²) >= 11 is 0. The van der Waals surface area contributed by atoms with Crippen LogP contribution in [0.15, 0.2) is 34.8 Å². The second-order valence-corrected chi connectivity index (χ2v) is 10.9. The molecule has 37 heavy (non-hydrogen) atoms. The summed E-state index contributed by atoms with van der Waals surface area (Å²) in [6.45, 7) is 0.524. The molecule has 1 fully saturated rings. The molecule has 4 aliphatic rings. The van der Waals surface area contributed by atoms with E-state index in [0.717, 1.165) is 18.4 Å². The van der Waals surface area contributed by atoms with Gasteiger partial charge in [0.25, 0.3) is 5.91 Å². The van der Waals surface area contributed by atoms with E-state index < -0.39 is 58.0 Å². The van der Waals surface area contributed by atoms with Gasteiger partial charge in [-0.05, 0) is 62.9 Å². The highest BCUT2D eigenvalue weighted by molar-refractivity contribution is 6.24. The van der Waals surface area contributed by atoms with Crippen LogP contribution >= 0.6 is 0 Å². The van der Waals surface area contributed by atoms with E-state index in [2.05, 4.69) is 5.32 Å². The number of aromatic hydroxyl groups is 1. The van der Waals surface area contributed by atoms with Crippen molar-refractivity contribution in [1.82, 2.24) is 10.2 Å². The largest absolute Gasteiger partial charge is 0.510 e. The van der Waals surface area contributed by atoms with Gasteiger partial charge >= 0.3 is 0 Å². The maximum Gasteiger partial charge on any atom is 0.255 e. The number of aliphatic hydroxyl groups excluding tert-OH is 2. The molecule has 0 saturated heterocycles. The van der Waals surface area contributed by atoms with E-state index in [1.807, 2.05) is 0 Å². The minimum Gasteiger partial charge on any atom is -0.510 e. The molecular formula is C27H33N3O7. The molecule has 0 heterocycles. The number of primary amides is 1. The number of nitrogens with one attached hydrogen (secondary N) is 1. The fraction of sp³-hybridized carbons (Fsp3) is 0.519. The van der Waals surface area contributed by atoms with Crippen molar-refractivity contribution in [2.45, 2.75) is 62.8 Å². The van der Waals surface area contributed by atoms with Gasteiger partial charge in [-0.25, -0.2) is 0 Å². The summed E-state index contributed by atoms with van der Waals surface area (Å²) in [6, 6.07) is 2.63. The molecule has 1 amide bonds. The molecule has 0 radical (unpaired) electrons. The zero-order chi connectivity index (χ0) is 26.8. The van der Waals surface area contributed by atoms with Crippen molar-refractivity contribution in [3.05, 3.63) is 51.5 Å². The first kappa shape index (κ1) is 25.4. The predicted octanol–water partition coefficient (Wildman–Crippen LogP) is 1.15. The number of benzene rings is 1. The fourth-order valence-electron chi connectivity index (χ4n) is 6.86. The number of aliphatic hydroxyl groups is 3. The van der Waals surface area contributed by atoms with Crippen molar-refractivity contribution in [2.75, 3.05) is 14.1 Å². The van der Waals surface area contributed by atoms with Crippen molar-refractivity contribution in [3.63, 3.8) is 0 Å². The molecular weight excluding hydrogens is 478 g/mol. The van der Waals surface area contributed by atoms with Gasteiger partial charge in [0.1, 0.15) is 22.8 Å². The Balaban J connectivity index is 1.61. The van der Waals surface area contributed by atoms with Crippen LogP contribution in [0, 0.1) is 11.8 Å². The Bertz CT molecular complexity index is 1260. The van der Waals surface area contributed by atoms with Gasteiger partial charge in [-0.2, -0.15) is 0 Å². The summed E-state index contributed by atoms with van der Waals surface area (Å²) < 4.78 is 0. The molecule has 0 bridgehead atoms. The third-order valence-electron chi connectivity index (χ3n) is 8.64. The van der Waals surface area contributed by atoms with Crippen LogP contribution < -0.4 is 11.1 Å². The highest BCUT2D eigenvalue weighted by Crippen LogP contribution is 2.52. The van der Waals surface area contributed by atoms with Crippen molar-refractivity contribution in [1.29, 1.82) is 0 Å². The van der Waals surface area contributed by atoms with Gasteiger partial charge in [-0.15, -0.1) is 0 Å². The van der Waals surface area contributed by atoms with Crippen molar-refractivity contribution >= 4 is 17.5 Å². The summed E-state index contributed by atoms with van der Waals surface area (Å²) in [5.41, 5.74) is 3.37. The lowest BCUT2D eigenvalue weighted by atomic mass is 9.58. The maximum atomic E-state index is 13.7. The SMILES string of the molecule is CN(C)C1C(O)=C(C(N)=O)C(=O)C2(O)C(O)=C3C(=O)c4c(O)ccc(CNC5CCCC5)c4CC3CC12. The van der Waals surface area contributed by atoms with Gasteiger partial charge in [0.05, 0.1) is 11.6 Å². The number of hydrogen-bond donors (Lipinski definition) is 6. The number of phenolic OH excluding ortho intramolecular Hbond substituents is 1. The first-order valence-corrected chi connectivity index (χ1v) is 12.7. The van der Waals surface area contributed by atoms with E-state index >= 15 is 0 Å². The van der Waals surface area contributed by atoms with E-state index in [4.69, 9.17) is 5.73 Å². The molecule has 4 aliphatic carbocycles. The Hall–Kier alpha value is -3.21. The molecule has 1 aromatic rings. The van der Waals surface area contributed by atoms with Crippen LogP contribution in [0.25, 0.3) is 0 Å². The zero-order valence-electron chi connectivity index (χ0n) is 21.0. The lowest BCUT2D eigenvalue weighted by Gasteiger charge is -2.50. The molecule has 10 heteroatoms. The molecule has 5 rings (SSSR count). The van der Waals surface area contributed by atoms with Gasteiger partial charge in [0.15, 0.2) is 11.4 Å². The molecule has 0 aliphatic heterocycles. The smallest absolute Gasteiger partial charge is 0.255 e. The third kappa shape index (κ3) is 3.69. The number of fused-ring (bicyclic) bond motifs is 3. The van der Waals surface area contributed by atoms with Crippen molar-refractivity contribution in [3.8, 4) is 5.75 Å². The summed E-state index contributed by atoms with van der Waals surface area (Å²) in [4.78, 5) is 40.7. The Labute approximate surface area is 214 Å². The highest BCUT2D eigenvalue weighted by atomic mass is 16.3. The quantitative estimate of drug-likeness (QED) is 0.317. The Morgan fingerprint density at radius 1 is 1.16 bits per heavy atom. The predicted molar refractivity (Wildman–Crippen MR) is 133 cm³/mol. The molecule has 1 saturated carbocycles.